The lowest BCUT2D eigenvalue weighted by molar-refractivity contribution is -0.131. The smallest absolute Gasteiger partial charge is 0.321 e. The van der Waals surface area contributed by atoms with Gasteiger partial charge in [0.05, 0.1) is 13.0 Å². The normalized spacial score (nSPS) is 14.2. The Hall–Kier alpha value is -2.73. The Bertz CT molecular complexity index is 903. The molecule has 0 saturated carbocycles. The van der Waals surface area contributed by atoms with Gasteiger partial charge in [0.1, 0.15) is 5.75 Å². The van der Waals surface area contributed by atoms with Gasteiger partial charge >= 0.3 is 6.03 Å². The van der Waals surface area contributed by atoms with Crippen LogP contribution in [0.2, 0.25) is 5.02 Å². The molecule has 2 aromatic rings. The standard InChI is InChI=1S/C23H28ClN3O3/c1-17-7-8-21(18(2)15-17)30-14-9-22(28)26-10-4-11-27(13-12-26)23(29)25-20-6-3-5-19(24)16-20/h3,5-8,15-16H,4,9-14H2,1-2H3,(H,25,29). The second-order valence-electron chi connectivity index (χ2n) is 7.53. The van der Waals surface area contributed by atoms with E-state index in [2.05, 4.69) is 11.4 Å². The Labute approximate surface area is 182 Å². The van der Waals surface area contributed by atoms with Gasteiger partial charge in [-0.2, -0.15) is 0 Å². The molecule has 1 aliphatic heterocycles. The molecule has 30 heavy (non-hydrogen) atoms. The number of anilines is 1. The molecule has 1 aliphatic rings. The number of amides is 3. The molecule has 0 radical (unpaired) electrons. The Kier molecular flexibility index (Phi) is 7.57. The zero-order valence-corrected chi connectivity index (χ0v) is 18.2. The number of nitrogens with one attached hydrogen (secondary N) is 1. The maximum atomic E-state index is 12.6. The Morgan fingerprint density at radius 3 is 2.57 bits per heavy atom. The van der Waals surface area contributed by atoms with Crippen molar-refractivity contribution in [3.63, 3.8) is 0 Å². The summed E-state index contributed by atoms with van der Waals surface area (Å²) in [4.78, 5) is 28.7. The van der Waals surface area contributed by atoms with Gasteiger partial charge in [0.25, 0.3) is 0 Å². The molecule has 0 aliphatic carbocycles. The number of nitrogens with zero attached hydrogens (tertiary/aromatic N) is 2. The lowest BCUT2D eigenvalue weighted by atomic mass is 10.1. The molecule has 2 aromatic carbocycles. The van der Waals surface area contributed by atoms with E-state index in [4.69, 9.17) is 16.3 Å². The predicted octanol–water partition coefficient (Wildman–Crippen LogP) is 4.49. The summed E-state index contributed by atoms with van der Waals surface area (Å²) in [7, 11) is 0. The number of carbonyl (C=O) groups is 2. The van der Waals surface area contributed by atoms with Crippen molar-refractivity contribution in [1.29, 1.82) is 0 Å². The van der Waals surface area contributed by atoms with E-state index in [1.807, 2.05) is 30.9 Å². The number of aryl methyl sites for hydroxylation is 2. The largest absolute Gasteiger partial charge is 0.493 e. The third kappa shape index (κ3) is 6.13. The SMILES string of the molecule is Cc1ccc(OCCC(=O)N2CCCN(C(=O)Nc3cccc(Cl)c3)CC2)c(C)c1. The number of carbonyl (C=O) groups excluding carboxylic acids is 2. The van der Waals surface area contributed by atoms with Crippen LogP contribution in [0.3, 0.4) is 0 Å². The molecule has 0 bridgehead atoms. The lowest BCUT2D eigenvalue weighted by Gasteiger charge is -2.22. The van der Waals surface area contributed by atoms with Gasteiger partial charge in [0.2, 0.25) is 5.91 Å². The minimum atomic E-state index is -0.176. The number of urea groups is 1. The predicted molar refractivity (Wildman–Crippen MR) is 119 cm³/mol. The summed E-state index contributed by atoms with van der Waals surface area (Å²) in [6, 6.07) is 12.9. The summed E-state index contributed by atoms with van der Waals surface area (Å²) >= 11 is 5.97. The van der Waals surface area contributed by atoms with Gasteiger partial charge in [-0.25, -0.2) is 4.79 Å². The van der Waals surface area contributed by atoms with Crippen molar-refractivity contribution in [2.24, 2.45) is 0 Å². The fourth-order valence-corrected chi connectivity index (χ4v) is 3.70. The van der Waals surface area contributed by atoms with E-state index < -0.39 is 0 Å². The minimum Gasteiger partial charge on any atom is -0.493 e. The number of benzene rings is 2. The second-order valence-corrected chi connectivity index (χ2v) is 7.97. The maximum absolute atomic E-state index is 12.6. The summed E-state index contributed by atoms with van der Waals surface area (Å²) < 4.78 is 5.79. The average Bonchev–Trinajstić information content (AvgIpc) is 2.96. The average molecular weight is 430 g/mol. The van der Waals surface area contributed by atoms with Crippen molar-refractivity contribution >= 4 is 29.2 Å². The highest BCUT2D eigenvalue weighted by molar-refractivity contribution is 6.30. The van der Waals surface area contributed by atoms with Gasteiger partial charge in [-0.05, 0) is 50.1 Å². The zero-order chi connectivity index (χ0) is 21.5. The summed E-state index contributed by atoms with van der Waals surface area (Å²) in [6.45, 7) is 6.65. The molecule has 1 N–H and O–H groups in total. The van der Waals surface area contributed by atoms with Gasteiger partial charge in [-0.3, -0.25) is 4.79 Å². The molecule has 7 heteroatoms. The Morgan fingerprint density at radius 1 is 1.03 bits per heavy atom. The van der Waals surface area contributed by atoms with Crippen LogP contribution in [0.4, 0.5) is 10.5 Å². The van der Waals surface area contributed by atoms with Crippen molar-refractivity contribution in [3.8, 4) is 5.75 Å². The van der Waals surface area contributed by atoms with Gasteiger partial charge in [-0.15, -0.1) is 0 Å². The van der Waals surface area contributed by atoms with Crippen molar-refractivity contribution in [1.82, 2.24) is 9.80 Å². The van der Waals surface area contributed by atoms with Crippen LogP contribution in [0, 0.1) is 13.8 Å². The molecule has 1 heterocycles. The van der Waals surface area contributed by atoms with Crippen LogP contribution in [0.5, 0.6) is 5.75 Å². The topological polar surface area (TPSA) is 61.9 Å². The Morgan fingerprint density at radius 2 is 1.80 bits per heavy atom. The minimum absolute atomic E-state index is 0.0527. The van der Waals surface area contributed by atoms with Crippen LogP contribution in [0.1, 0.15) is 24.0 Å². The van der Waals surface area contributed by atoms with E-state index in [1.165, 1.54) is 5.56 Å². The fraction of sp³-hybridized carbons (Fsp3) is 0.391. The highest BCUT2D eigenvalue weighted by atomic mass is 35.5. The molecule has 160 valence electrons. The van der Waals surface area contributed by atoms with Gasteiger partial charge < -0.3 is 19.9 Å². The molecule has 3 amide bonds. The molecule has 1 fully saturated rings. The summed E-state index contributed by atoms with van der Waals surface area (Å²) in [5.41, 5.74) is 2.91. The summed E-state index contributed by atoms with van der Waals surface area (Å²) in [5, 5.41) is 3.44. The lowest BCUT2D eigenvalue weighted by Crippen LogP contribution is -2.39. The van der Waals surface area contributed by atoms with E-state index in [-0.39, 0.29) is 11.9 Å². The van der Waals surface area contributed by atoms with E-state index in [9.17, 15) is 9.59 Å². The number of ether oxygens (including phenoxy) is 1. The van der Waals surface area contributed by atoms with Gasteiger partial charge in [-0.1, -0.05) is 35.4 Å². The first kappa shape index (κ1) is 22.0. The molecule has 0 spiro atoms. The highest BCUT2D eigenvalue weighted by Gasteiger charge is 2.22. The van der Waals surface area contributed by atoms with Crippen LogP contribution in [-0.4, -0.2) is 54.5 Å². The van der Waals surface area contributed by atoms with E-state index in [0.29, 0.717) is 49.9 Å². The van der Waals surface area contributed by atoms with E-state index >= 15 is 0 Å². The number of rotatable bonds is 5. The van der Waals surface area contributed by atoms with Crippen LogP contribution >= 0.6 is 11.6 Å². The first-order valence-electron chi connectivity index (χ1n) is 10.2. The zero-order valence-electron chi connectivity index (χ0n) is 17.5. The molecule has 3 rings (SSSR count). The summed E-state index contributed by atoms with van der Waals surface area (Å²) in [6.07, 6.45) is 1.06. The third-order valence-electron chi connectivity index (χ3n) is 5.12. The first-order valence-corrected chi connectivity index (χ1v) is 10.6. The monoisotopic (exact) mass is 429 g/mol. The van der Waals surface area contributed by atoms with Crippen LogP contribution in [-0.2, 0) is 4.79 Å². The Balaban J connectivity index is 1.45. The quantitative estimate of drug-likeness (QED) is 0.761. The molecule has 6 nitrogen and oxygen atoms in total. The maximum Gasteiger partial charge on any atom is 0.321 e. The molecule has 0 atom stereocenters. The fourth-order valence-electron chi connectivity index (χ4n) is 3.51. The van der Waals surface area contributed by atoms with Gasteiger partial charge in [0.15, 0.2) is 0 Å². The van der Waals surface area contributed by atoms with Crippen molar-refractivity contribution in [3.05, 3.63) is 58.6 Å². The van der Waals surface area contributed by atoms with Gasteiger partial charge in [0, 0.05) is 36.9 Å². The number of halogens is 1. The molecular formula is C23H28ClN3O3. The van der Waals surface area contributed by atoms with Crippen LogP contribution < -0.4 is 10.1 Å². The molecular weight excluding hydrogens is 402 g/mol. The van der Waals surface area contributed by atoms with E-state index in [1.54, 1.807) is 29.2 Å². The van der Waals surface area contributed by atoms with Crippen LogP contribution in [0.15, 0.2) is 42.5 Å². The van der Waals surface area contributed by atoms with Crippen LogP contribution in [0.25, 0.3) is 0 Å². The van der Waals surface area contributed by atoms with E-state index in [0.717, 1.165) is 17.7 Å². The molecule has 0 aromatic heterocycles. The first-order chi connectivity index (χ1) is 14.4. The highest BCUT2D eigenvalue weighted by Crippen LogP contribution is 2.19. The second kappa shape index (κ2) is 10.3. The number of hydrogen-bond donors (Lipinski definition) is 1. The van der Waals surface area contributed by atoms with Crippen molar-refractivity contribution in [2.75, 3.05) is 38.1 Å². The third-order valence-corrected chi connectivity index (χ3v) is 5.35. The molecule has 0 unspecified atom stereocenters. The molecule has 1 saturated heterocycles. The number of hydrogen-bond acceptors (Lipinski definition) is 3. The summed E-state index contributed by atoms with van der Waals surface area (Å²) in [5.74, 6) is 0.866. The van der Waals surface area contributed by atoms with Crippen molar-refractivity contribution in [2.45, 2.75) is 26.7 Å². The van der Waals surface area contributed by atoms with Crippen molar-refractivity contribution < 1.29 is 14.3 Å².